The summed E-state index contributed by atoms with van der Waals surface area (Å²) in [4.78, 5) is 10.6. The maximum atomic E-state index is 10.6. The number of carboxylic acid groups (broad SMARTS) is 1. The van der Waals surface area contributed by atoms with Gasteiger partial charge in [0.15, 0.2) is 5.11 Å². The van der Waals surface area contributed by atoms with E-state index < -0.39 is 5.97 Å². The van der Waals surface area contributed by atoms with Crippen LogP contribution in [0.5, 0.6) is 0 Å². The first-order chi connectivity index (χ1) is 10.4. The number of halogens is 2. The number of hydrogen-bond acceptors (Lipinski definition) is 2. The second-order valence-electron chi connectivity index (χ2n) is 4.50. The van der Waals surface area contributed by atoms with E-state index in [0.29, 0.717) is 20.8 Å². The van der Waals surface area contributed by atoms with E-state index in [2.05, 4.69) is 10.6 Å². The Balaban J connectivity index is 1.98. The fraction of sp³-hybridized carbons (Fsp3) is 0.0667. The zero-order valence-corrected chi connectivity index (χ0v) is 13.6. The monoisotopic (exact) mass is 354 g/mol. The first kappa shape index (κ1) is 16.5. The maximum Gasteiger partial charge on any atom is 0.307 e. The van der Waals surface area contributed by atoms with Gasteiger partial charge in [-0.1, -0.05) is 35.3 Å². The van der Waals surface area contributed by atoms with E-state index in [1.165, 1.54) is 0 Å². The summed E-state index contributed by atoms with van der Waals surface area (Å²) in [5, 5.41) is 16.1. The Kier molecular flexibility index (Phi) is 5.60. The Morgan fingerprint density at radius 1 is 1.00 bits per heavy atom. The fourth-order valence-electron chi connectivity index (χ4n) is 1.80. The van der Waals surface area contributed by atoms with Gasteiger partial charge in [-0.25, -0.2) is 0 Å². The number of carbonyl (C=O) groups is 1. The average molecular weight is 355 g/mol. The van der Waals surface area contributed by atoms with Crippen LogP contribution < -0.4 is 10.6 Å². The van der Waals surface area contributed by atoms with E-state index in [9.17, 15) is 4.79 Å². The lowest BCUT2D eigenvalue weighted by atomic mass is 10.1. The van der Waals surface area contributed by atoms with Gasteiger partial charge < -0.3 is 15.7 Å². The number of rotatable bonds is 4. The molecule has 0 saturated heterocycles. The molecule has 114 valence electrons. The molecular formula is C15H12Cl2N2O2S. The highest BCUT2D eigenvalue weighted by molar-refractivity contribution is 7.80. The highest BCUT2D eigenvalue weighted by Gasteiger charge is 2.03. The van der Waals surface area contributed by atoms with Crippen molar-refractivity contribution in [3.05, 3.63) is 58.1 Å². The lowest BCUT2D eigenvalue weighted by Gasteiger charge is -2.11. The Hall–Kier alpha value is -1.82. The summed E-state index contributed by atoms with van der Waals surface area (Å²) in [5.41, 5.74) is 2.15. The van der Waals surface area contributed by atoms with E-state index in [4.69, 9.17) is 40.5 Å². The zero-order valence-electron chi connectivity index (χ0n) is 11.3. The van der Waals surface area contributed by atoms with Crippen LogP contribution in [0.2, 0.25) is 10.0 Å². The third-order valence-electron chi connectivity index (χ3n) is 2.69. The summed E-state index contributed by atoms with van der Waals surface area (Å²) in [6, 6.07) is 12.0. The Labute approximate surface area is 143 Å². The summed E-state index contributed by atoms with van der Waals surface area (Å²) in [6.07, 6.45) is -0.00993. The molecule has 4 nitrogen and oxygen atoms in total. The molecule has 0 amide bonds. The molecule has 7 heteroatoms. The first-order valence-corrected chi connectivity index (χ1v) is 7.43. The van der Waals surface area contributed by atoms with Crippen molar-refractivity contribution in [2.75, 3.05) is 10.6 Å². The molecule has 0 radical (unpaired) electrons. The molecule has 0 unspecified atom stereocenters. The number of nitrogens with one attached hydrogen (secondary N) is 2. The highest BCUT2D eigenvalue weighted by Crippen LogP contribution is 2.22. The molecule has 0 aliphatic carbocycles. The summed E-state index contributed by atoms with van der Waals surface area (Å²) in [6.45, 7) is 0. The van der Waals surface area contributed by atoms with Gasteiger partial charge in [0.05, 0.1) is 6.42 Å². The topological polar surface area (TPSA) is 61.4 Å². The number of anilines is 2. The lowest BCUT2D eigenvalue weighted by molar-refractivity contribution is -0.136. The fourth-order valence-corrected chi connectivity index (χ4v) is 2.56. The van der Waals surface area contributed by atoms with Crippen LogP contribution in [0, 0.1) is 0 Å². The molecule has 2 aromatic carbocycles. The normalized spacial score (nSPS) is 10.1. The molecule has 0 bridgehead atoms. The number of benzene rings is 2. The quantitative estimate of drug-likeness (QED) is 0.709. The van der Waals surface area contributed by atoms with Gasteiger partial charge in [-0.2, -0.15) is 0 Å². The summed E-state index contributed by atoms with van der Waals surface area (Å²) >= 11 is 17.0. The summed E-state index contributed by atoms with van der Waals surface area (Å²) in [5.74, 6) is -0.865. The largest absolute Gasteiger partial charge is 0.481 e. The third-order valence-corrected chi connectivity index (χ3v) is 3.33. The molecule has 0 fully saturated rings. The van der Waals surface area contributed by atoms with Gasteiger partial charge in [-0.15, -0.1) is 0 Å². The van der Waals surface area contributed by atoms with Crippen molar-refractivity contribution in [3.63, 3.8) is 0 Å². The van der Waals surface area contributed by atoms with Gasteiger partial charge in [0, 0.05) is 21.4 Å². The van der Waals surface area contributed by atoms with Crippen molar-refractivity contribution in [1.29, 1.82) is 0 Å². The lowest BCUT2D eigenvalue weighted by Crippen LogP contribution is -2.19. The van der Waals surface area contributed by atoms with Crippen molar-refractivity contribution in [3.8, 4) is 0 Å². The van der Waals surface area contributed by atoms with E-state index in [1.54, 1.807) is 42.5 Å². The number of thiocarbonyl (C=S) groups is 1. The van der Waals surface area contributed by atoms with E-state index >= 15 is 0 Å². The minimum Gasteiger partial charge on any atom is -0.481 e. The van der Waals surface area contributed by atoms with Gasteiger partial charge in [0.2, 0.25) is 0 Å². The van der Waals surface area contributed by atoms with Crippen molar-refractivity contribution < 1.29 is 9.90 Å². The first-order valence-electron chi connectivity index (χ1n) is 6.27. The van der Waals surface area contributed by atoms with Crippen LogP contribution in [0.25, 0.3) is 0 Å². The van der Waals surface area contributed by atoms with E-state index in [-0.39, 0.29) is 6.42 Å². The molecule has 2 rings (SSSR count). The molecular weight excluding hydrogens is 343 g/mol. The Bertz CT molecular complexity index is 685. The minimum absolute atomic E-state index is 0.00993. The predicted molar refractivity (Wildman–Crippen MR) is 94.1 cm³/mol. The Morgan fingerprint density at radius 2 is 1.55 bits per heavy atom. The number of hydrogen-bond donors (Lipinski definition) is 3. The van der Waals surface area contributed by atoms with Gasteiger partial charge in [0.25, 0.3) is 0 Å². The predicted octanol–water partition coefficient (Wildman–Crippen LogP) is 4.43. The van der Waals surface area contributed by atoms with Crippen molar-refractivity contribution in [1.82, 2.24) is 0 Å². The highest BCUT2D eigenvalue weighted by atomic mass is 35.5. The van der Waals surface area contributed by atoms with Crippen LogP contribution in [-0.4, -0.2) is 16.2 Å². The van der Waals surface area contributed by atoms with Gasteiger partial charge >= 0.3 is 5.97 Å². The maximum absolute atomic E-state index is 10.6. The van der Waals surface area contributed by atoms with Crippen LogP contribution in [-0.2, 0) is 11.2 Å². The van der Waals surface area contributed by atoms with Crippen LogP contribution in [0.3, 0.4) is 0 Å². The molecule has 0 aliphatic heterocycles. The third kappa shape index (κ3) is 5.18. The van der Waals surface area contributed by atoms with Crippen LogP contribution in [0.15, 0.2) is 42.5 Å². The average Bonchev–Trinajstić information content (AvgIpc) is 2.39. The molecule has 2 aromatic rings. The molecule has 0 aliphatic rings. The van der Waals surface area contributed by atoms with Gasteiger partial charge in [-0.05, 0) is 48.1 Å². The van der Waals surface area contributed by atoms with E-state index in [1.807, 2.05) is 0 Å². The Morgan fingerprint density at radius 3 is 2.09 bits per heavy atom. The molecule has 0 saturated carbocycles. The van der Waals surface area contributed by atoms with Crippen LogP contribution >= 0.6 is 35.4 Å². The van der Waals surface area contributed by atoms with Crippen molar-refractivity contribution >= 4 is 57.9 Å². The molecule has 22 heavy (non-hydrogen) atoms. The van der Waals surface area contributed by atoms with Crippen molar-refractivity contribution in [2.45, 2.75) is 6.42 Å². The second-order valence-corrected chi connectivity index (χ2v) is 5.79. The second kappa shape index (κ2) is 7.45. The smallest absolute Gasteiger partial charge is 0.307 e. The molecule has 0 heterocycles. The minimum atomic E-state index is -0.865. The van der Waals surface area contributed by atoms with Gasteiger partial charge in [0.1, 0.15) is 0 Å². The molecule has 0 aromatic heterocycles. The van der Waals surface area contributed by atoms with Crippen LogP contribution in [0.1, 0.15) is 5.56 Å². The summed E-state index contributed by atoms with van der Waals surface area (Å²) in [7, 11) is 0. The molecule has 0 spiro atoms. The van der Waals surface area contributed by atoms with E-state index in [0.717, 1.165) is 11.3 Å². The molecule has 0 atom stereocenters. The van der Waals surface area contributed by atoms with Gasteiger partial charge in [-0.3, -0.25) is 4.79 Å². The number of aliphatic carboxylic acids is 1. The summed E-state index contributed by atoms with van der Waals surface area (Å²) < 4.78 is 0. The van der Waals surface area contributed by atoms with Crippen LogP contribution in [0.4, 0.5) is 11.4 Å². The standard InChI is InChI=1S/C15H12Cl2N2O2S/c16-10-6-11(17)8-13(7-10)19-15(22)18-12-3-1-9(2-4-12)5-14(20)21/h1-4,6-8H,5H2,(H,20,21)(H2,18,19,22). The number of carboxylic acids is 1. The SMILES string of the molecule is O=C(O)Cc1ccc(NC(=S)Nc2cc(Cl)cc(Cl)c2)cc1. The molecule has 3 N–H and O–H groups in total. The zero-order chi connectivity index (χ0) is 16.1. The van der Waals surface area contributed by atoms with Crippen molar-refractivity contribution in [2.24, 2.45) is 0 Å².